The van der Waals surface area contributed by atoms with Crippen LogP contribution >= 0.6 is 11.8 Å². The number of nitrogens with one attached hydrogen (secondary N) is 1. The molecule has 0 spiro atoms. The van der Waals surface area contributed by atoms with E-state index in [0.717, 1.165) is 11.3 Å². The zero-order valence-electron chi connectivity index (χ0n) is 12.5. The SMILES string of the molecule is CSCC[C@H](N)C(=O)NCC(=O)N(C)Cc1ccccc1. The summed E-state index contributed by atoms with van der Waals surface area (Å²) in [5.41, 5.74) is 6.79. The van der Waals surface area contributed by atoms with Crippen molar-refractivity contribution >= 4 is 23.6 Å². The van der Waals surface area contributed by atoms with Crippen molar-refractivity contribution in [2.24, 2.45) is 5.73 Å². The van der Waals surface area contributed by atoms with Gasteiger partial charge < -0.3 is 16.0 Å². The molecule has 1 aromatic carbocycles. The third kappa shape index (κ3) is 6.64. The summed E-state index contributed by atoms with van der Waals surface area (Å²) >= 11 is 1.64. The molecule has 21 heavy (non-hydrogen) atoms. The first-order valence-corrected chi connectivity index (χ1v) is 8.24. The lowest BCUT2D eigenvalue weighted by Gasteiger charge is -2.18. The molecule has 0 aromatic heterocycles. The van der Waals surface area contributed by atoms with Gasteiger partial charge in [0, 0.05) is 13.6 Å². The van der Waals surface area contributed by atoms with Gasteiger partial charge in [-0.1, -0.05) is 30.3 Å². The van der Waals surface area contributed by atoms with Crippen LogP contribution < -0.4 is 11.1 Å². The Kier molecular flexibility index (Phi) is 7.85. The molecule has 3 N–H and O–H groups in total. The van der Waals surface area contributed by atoms with Crippen molar-refractivity contribution in [2.75, 3.05) is 25.6 Å². The van der Waals surface area contributed by atoms with Crippen molar-refractivity contribution in [3.63, 3.8) is 0 Å². The molecular formula is C15H23N3O2S. The van der Waals surface area contributed by atoms with Crippen molar-refractivity contribution in [2.45, 2.75) is 19.0 Å². The Bertz CT molecular complexity index is 453. The standard InChI is InChI=1S/C15H23N3O2S/c1-18(11-12-6-4-3-5-7-12)14(19)10-17-15(20)13(16)8-9-21-2/h3-7,13H,8-11,16H2,1-2H3,(H,17,20)/t13-/m0/s1. The van der Waals surface area contributed by atoms with Crippen molar-refractivity contribution in [3.05, 3.63) is 35.9 Å². The zero-order chi connectivity index (χ0) is 15.7. The van der Waals surface area contributed by atoms with E-state index in [-0.39, 0.29) is 18.4 Å². The lowest BCUT2D eigenvalue weighted by Crippen LogP contribution is -2.45. The van der Waals surface area contributed by atoms with Crippen molar-refractivity contribution in [3.8, 4) is 0 Å². The van der Waals surface area contributed by atoms with Gasteiger partial charge in [0.05, 0.1) is 12.6 Å². The fourth-order valence-corrected chi connectivity index (χ4v) is 2.24. The zero-order valence-corrected chi connectivity index (χ0v) is 13.4. The van der Waals surface area contributed by atoms with Gasteiger partial charge in [-0.2, -0.15) is 11.8 Å². The number of amides is 2. The van der Waals surface area contributed by atoms with E-state index < -0.39 is 6.04 Å². The van der Waals surface area contributed by atoms with Crippen molar-refractivity contribution in [1.29, 1.82) is 0 Å². The number of rotatable bonds is 8. The average Bonchev–Trinajstić information content (AvgIpc) is 2.50. The molecular weight excluding hydrogens is 286 g/mol. The van der Waals surface area contributed by atoms with E-state index in [1.807, 2.05) is 36.6 Å². The number of nitrogens with two attached hydrogens (primary N) is 1. The number of likely N-dealkylation sites (N-methyl/N-ethyl adjacent to an activating group) is 1. The number of hydrogen-bond donors (Lipinski definition) is 2. The monoisotopic (exact) mass is 309 g/mol. The van der Waals surface area contributed by atoms with Crippen LogP contribution in [0, 0.1) is 0 Å². The Morgan fingerprint density at radius 2 is 2.00 bits per heavy atom. The van der Waals surface area contributed by atoms with Crippen LogP contribution in [0.2, 0.25) is 0 Å². The highest BCUT2D eigenvalue weighted by atomic mass is 32.2. The minimum Gasteiger partial charge on any atom is -0.346 e. The second-order valence-corrected chi connectivity index (χ2v) is 5.83. The Labute approximate surface area is 130 Å². The smallest absolute Gasteiger partial charge is 0.242 e. The number of carbonyl (C=O) groups excluding carboxylic acids is 2. The van der Waals surface area contributed by atoms with Crippen LogP contribution in [0.1, 0.15) is 12.0 Å². The third-order valence-corrected chi connectivity index (χ3v) is 3.72. The molecule has 0 saturated carbocycles. The fourth-order valence-electron chi connectivity index (χ4n) is 1.75. The first-order chi connectivity index (χ1) is 10.0. The topological polar surface area (TPSA) is 75.4 Å². The van der Waals surface area contributed by atoms with Crippen molar-refractivity contribution < 1.29 is 9.59 Å². The minimum absolute atomic E-state index is 0.0187. The predicted octanol–water partition coefficient (Wildman–Crippen LogP) is 0.842. The summed E-state index contributed by atoms with van der Waals surface area (Å²) in [6.07, 6.45) is 2.58. The van der Waals surface area contributed by atoms with E-state index in [1.165, 1.54) is 0 Å². The Morgan fingerprint density at radius 1 is 1.33 bits per heavy atom. The molecule has 1 aromatic rings. The molecule has 1 rings (SSSR count). The Hall–Kier alpha value is -1.53. The van der Waals surface area contributed by atoms with Crippen LogP contribution in [-0.4, -0.2) is 48.4 Å². The highest BCUT2D eigenvalue weighted by Gasteiger charge is 2.15. The molecule has 5 nitrogen and oxygen atoms in total. The predicted molar refractivity (Wildman–Crippen MR) is 86.9 cm³/mol. The summed E-state index contributed by atoms with van der Waals surface area (Å²) in [4.78, 5) is 25.3. The van der Waals surface area contributed by atoms with Crippen LogP contribution in [-0.2, 0) is 16.1 Å². The molecule has 116 valence electrons. The van der Waals surface area contributed by atoms with Gasteiger partial charge in [0.2, 0.25) is 11.8 Å². The number of hydrogen-bond acceptors (Lipinski definition) is 4. The summed E-state index contributed by atoms with van der Waals surface area (Å²) in [5, 5.41) is 2.59. The number of nitrogens with zero attached hydrogens (tertiary/aromatic N) is 1. The maximum absolute atomic E-state index is 12.0. The molecule has 0 aliphatic heterocycles. The average molecular weight is 309 g/mol. The van der Waals surface area contributed by atoms with E-state index in [2.05, 4.69) is 5.32 Å². The van der Waals surface area contributed by atoms with E-state index in [9.17, 15) is 9.59 Å². The molecule has 0 radical (unpaired) electrons. The summed E-state index contributed by atoms with van der Waals surface area (Å²) in [5.74, 6) is 0.422. The molecule has 0 saturated heterocycles. The molecule has 0 bridgehead atoms. The number of thioether (sulfide) groups is 1. The van der Waals surface area contributed by atoms with Crippen LogP contribution in [0.15, 0.2) is 30.3 Å². The maximum atomic E-state index is 12.0. The van der Waals surface area contributed by atoms with E-state index in [4.69, 9.17) is 5.73 Å². The summed E-state index contributed by atoms with van der Waals surface area (Å²) in [6, 6.07) is 9.16. The summed E-state index contributed by atoms with van der Waals surface area (Å²) < 4.78 is 0. The highest BCUT2D eigenvalue weighted by Crippen LogP contribution is 2.02. The van der Waals surface area contributed by atoms with Crippen LogP contribution in [0.4, 0.5) is 0 Å². The molecule has 0 unspecified atom stereocenters. The quantitative estimate of drug-likeness (QED) is 0.746. The minimum atomic E-state index is -0.551. The molecule has 0 heterocycles. The van der Waals surface area contributed by atoms with Gasteiger partial charge in [-0.25, -0.2) is 0 Å². The van der Waals surface area contributed by atoms with Gasteiger partial charge in [-0.3, -0.25) is 9.59 Å². The molecule has 1 atom stereocenters. The summed E-state index contributed by atoms with van der Waals surface area (Å²) in [6.45, 7) is 0.503. The highest BCUT2D eigenvalue weighted by molar-refractivity contribution is 7.98. The Morgan fingerprint density at radius 3 is 2.62 bits per heavy atom. The number of benzene rings is 1. The lowest BCUT2D eigenvalue weighted by molar-refractivity contribution is -0.132. The molecule has 6 heteroatoms. The van der Waals surface area contributed by atoms with Gasteiger partial charge >= 0.3 is 0 Å². The van der Waals surface area contributed by atoms with E-state index in [0.29, 0.717) is 13.0 Å². The van der Waals surface area contributed by atoms with Crippen LogP contribution in [0.3, 0.4) is 0 Å². The van der Waals surface area contributed by atoms with E-state index in [1.54, 1.807) is 23.7 Å². The van der Waals surface area contributed by atoms with Gasteiger partial charge in [0.25, 0.3) is 0 Å². The van der Waals surface area contributed by atoms with Crippen molar-refractivity contribution in [1.82, 2.24) is 10.2 Å². The molecule has 0 aliphatic rings. The molecule has 0 aliphatic carbocycles. The largest absolute Gasteiger partial charge is 0.346 e. The first kappa shape index (κ1) is 17.5. The molecule has 0 fully saturated rings. The lowest BCUT2D eigenvalue weighted by atomic mass is 10.2. The van der Waals surface area contributed by atoms with Gasteiger partial charge in [0.15, 0.2) is 0 Å². The second-order valence-electron chi connectivity index (χ2n) is 4.84. The van der Waals surface area contributed by atoms with E-state index >= 15 is 0 Å². The number of carbonyl (C=O) groups is 2. The fraction of sp³-hybridized carbons (Fsp3) is 0.467. The van der Waals surface area contributed by atoms with Gasteiger partial charge in [0.1, 0.15) is 0 Å². The Balaban J connectivity index is 2.34. The molecule has 2 amide bonds. The van der Waals surface area contributed by atoms with Gasteiger partial charge in [-0.15, -0.1) is 0 Å². The first-order valence-electron chi connectivity index (χ1n) is 6.84. The normalized spacial score (nSPS) is 11.8. The summed E-state index contributed by atoms with van der Waals surface area (Å²) in [7, 11) is 1.72. The maximum Gasteiger partial charge on any atom is 0.242 e. The second kappa shape index (κ2) is 9.41. The van der Waals surface area contributed by atoms with Crippen LogP contribution in [0.5, 0.6) is 0 Å². The van der Waals surface area contributed by atoms with Crippen LogP contribution in [0.25, 0.3) is 0 Å². The third-order valence-electron chi connectivity index (χ3n) is 3.07. The van der Waals surface area contributed by atoms with Gasteiger partial charge in [-0.05, 0) is 24.0 Å².